The van der Waals surface area contributed by atoms with Gasteiger partial charge in [-0.15, -0.1) is 0 Å². The molecule has 5 nitrogen and oxygen atoms in total. The van der Waals surface area contributed by atoms with Crippen LogP contribution in [0.15, 0.2) is 18.2 Å². The maximum absolute atomic E-state index is 12.7. The molecule has 0 saturated heterocycles. The monoisotopic (exact) mass is 293 g/mol. The number of benzene rings is 1. The molecule has 0 aromatic heterocycles. The lowest BCUT2D eigenvalue weighted by Crippen LogP contribution is -2.32. The second-order valence-corrected chi connectivity index (χ2v) is 4.70. The van der Waals surface area contributed by atoms with Crippen molar-refractivity contribution in [2.45, 2.75) is 26.7 Å². The van der Waals surface area contributed by atoms with E-state index in [0.717, 1.165) is 12.8 Å². The van der Waals surface area contributed by atoms with Crippen LogP contribution in [0.3, 0.4) is 0 Å². The standard InChI is InChI=1S/C16H23NO4/c1-5-9-17(10-6-2)15(18)13-11-12(16(19)21-4)7-8-14(13)20-3/h7-8,11H,5-6,9-10H2,1-4H3. The average Bonchev–Trinajstić information content (AvgIpc) is 2.52. The normalized spacial score (nSPS) is 10.1. The number of nitrogens with zero attached hydrogens (tertiary/aromatic N) is 1. The quantitative estimate of drug-likeness (QED) is 0.725. The van der Waals surface area contributed by atoms with Crippen LogP contribution < -0.4 is 4.74 Å². The lowest BCUT2D eigenvalue weighted by atomic mass is 10.1. The van der Waals surface area contributed by atoms with Crippen LogP contribution in [0.5, 0.6) is 5.75 Å². The van der Waals surface area contributed by atoms with Gasteiger partial charge in [0.2, 0.25) is 0 Å². The minimum atomic E-state index is -0.468. The number of amides is 1. The first-order valence-corrected chi connectivity index (χ1v) is 7.14. The van der Waals surface area contributed by atoms with Crippen molar-refractivity contribution in [2.75, 3.05) is 27.3 Å². The zero-order valence-electron chi connectivity index (χ0n) is 13.1. The summed E-state index contributed by atoms with van der Waals surface area (Å²) < 4.78 is 9.94. The number of hydrogen-bond donors (Lipinski definition) is 0. The zero-order valence-corrected chi connectivity index (χ0v) is 13.1. The Hall–Kier alpha value is -2.04. The fourth-order valence-corrected chi connectivity index (χ4v) is 2.15. The van der Waals surface area contributed by atoms with Crippen LogP contribution in [0.1, 0.15) is 47.4 Å². The molecule has 116 valence electrons. The van der Waals surface area contributed by atoms with E-state index in [-0.39, 0.29) is 5.91 Å². The number of carbonyl (C=O) groups is 2. The Morgan fingerprint density at radius 2 is 1.71 bits per heavy atom. The van der Waals surface area contributed by atoms with Crippen LogP contribution in [0.25, 0.3) is 0 Å². The van der Waals surface area contributed by atoms with E-state index in [1.807, 2.05) is 13.8 Å². The number of esters is 1. The Labute approximate surface area is 125 Å². The molecular weight excluding hydrogens is 270 g/mol. The number of rotatable bonds is 7. The Balaban J connectivity index is 3.17. The molecule has 0 aliphatic rings. The fourth-order valence-electron chi connectivity index (χ4n) is 2.15. The number of methoxy groups -OCH3 is 2. The van der Waals surface area contributed by atoms with Crippen LogP contribution in [0.2, 0.25) is 0 Å². The van der Waals surface area contributed by atoms with Crippen molar-refractivity contribution in [1.29, 1.82) is 0 Å². The van der Waals surface area contributed by atoms with E-state index in [0.29, 0.717) is 30.0 Å². The van der Waals surface area contributed by atoms with Gasteiger partial charge in [-0.3, -0.25) is 4.79 Å². The van der Waals surface area contributed by atoms with Crippen molar-refractivity contribution in [2.24, 2.45) is 0 Å². The minimum absolute atomic E-state index is 0.124. The van der Waals surface area contributed by atoms with Crippen molar-refractivity contribution in [3.05, 3.63) is 29.3 Å². The van der Waals surface area contributed by atoms with Gasteiger partial charge in [0.15, 0.2) is 0 Å². The second kappa shape index (κ2) is 8.29. The summed E-state index contributed by atoms with van der Waals surface area (Å²) >= 11 is 0. The fraction of sp³-hybridized carbons (Fsp3) is 0.500. The van der Waals surface area contributed by atoms with Gasteiger partial charge < -0.3 is 14.4 Å². The molecule has 0 unspecified atom stereocenters. The smallest absolute Gasteiger partial charge is 0.337 e. The van der Waals surface area contributed by atoms with E-state index in [9.17, 15) is 9.59 Å². The van der Waals surface area contributed by atoms with Gasteiger partial charge in [0.1, 0.15) is 5.75 Å². The highest BCUT2D eigenvalue weighted by Gasteiger charge is 2.20. The third kappa shape index (κ3) is 4.21. The summed E-state index contributed by atoms with van der Waals surface area (Å²) in [6.07, 6.45) is 1.76. The van der Waals surface area contributed by atoms with E-state index >= 15 is 0 Å². The summed E-state index contributed by atoms with van der Waals surface area (Å²) in [5, 5.41) is 0. The number of ether oxygens (including phenoxy) is 2. The molecule has 5 heteroatoms. The highest BCUT2D eigenvalue weighted by atomic mass is 16.5. The molecule has 21 heavy (non-hydrogen) atoms. The zero-order chi connectivity index (χ0) is 15.8. The number of carbonyl (C=O) groups excluding carboxylic acids is 2. The van der Waals surface area contributed by atoms with Gasteiger partial charge in [-0.25, -0.2) is 4.79 Å². The summed E-state index contributed by atoms with van der Waals surface area (Å²) in [6, 6.07) is 4.74. The molecule has 0 N–H and O–H groups in total. The van der Waals surface area contributed by atoms with Gasteiger partial charge in [0, 0.05) is 13.1 Å². The summed E-state index contributed by atoms with van der Waals surface area (Å²) in [5.74, 6) is -0.129. The predicted octanol–water partition coefficient (Wildman–Crippen LogP) is 2.74. The molecule has 0 heterocycles. The highest BCUT2D eigenvalue weighted by Crippen LogP contribution is 2.22. The molecule has 0 aliphatic carbocycles. The first-order chi connectivity index (χ1) is 10.1. The first kappa shape index (κ1) is 17.0. The van der Waals surface area contributed by atoms with Crippen LogP contribution in [0.4, 0.5) is 0 Å². The van der Waals surface area contributed by atoms with Crippen LogP contribution in [-0.4, -0.2) is 44.1 Å². The molecule has 1 aromatic rings. The summed E-state index contributed by atoms with van der Waals surface area (Å²) in [6.45, 7) is 5.41. The van der Waals surface area contributed by atoms with E-state index in [2.05, 4.69) is 0 Å². The van der Waals surface area contributed by atoms with E-state index in [4.69, 9.17) is 9.47 Å². The molecule has 1 aromatic carbocycles. The third-order valence-corrected chi connectivity index (χ3v) is 3.13. The van der Waals surface area contributed by atoms with Gasteiger partial charge in [-0.05, 0) is 31.0 Å². The van der Waals surface area contributed by atoms with Gasteiger partial charge in [-0.2, -0.15) is 0 Å². The molecule has 0 radical (unpaired) electrons. The van der Waals surface area contributed by atoms with Gasteiger partial charge in [0.25, 0.3) is 5.91 Å². The minimum Gasteiger partial charge on any atom is -0.496 e. The predicted molar refractivity (Wildman–Crippen MR) is 80.8 cm³/mol. The maximum atomic E-state index is 12.7. The SMILES string of the molecule is CCCN(CCC)C(=O)c1cc(C(=O)OC)ccc1OC. The molecule has 0 atom stereocenters. The molecule has 0 aliphatic heterocycles. The second-order valence-electron chi connectivity index (χ2n) is 4.70. The molecule has 0 spiro atoms. The van der Waals surface area contributed by atoms with Gasteiger partial charge in [-0.1, -0.05) is 13.8 Å². The van der Waals surface area contributed by atoms with Crippen LogP contribution in [-0.2, 0) is 4.74 Å². The molecule has 0 bridgehead atoms. The van der Waals surface area contributed by atoms with E-state index < -0.39 is 5.97 Å². The highest BCUT2D eigenvalue weighted by molar-refractivity contribution is 6.00. The maximum Gasteiger partial charge on any atom is 0.337 e. The van der Waals surface area contributed by atoms with E-state index in [1.165, 1.54) is 20.3 Å². The topological polar surface area (TPSA) is 55.8 Å². The molecular formula is C16H23NO4. The average molecular weight is 293 g/mol. The lowest BCUT2D eigenvalue weighted by molar-refractivity contribution is 0.0600. The summed E-state index contributed by atoms with van der Waals surface area (Å²) in [5.41, 5.74) is 0.733. The first-order valence-electron chi connectivity index (χ1n) is 7.14. The van der Waals surface area contributed by atoms with Crippen molar-refractivity contribution in [3.63, 3.8) is 0 Å². The summed E-state index contributed by atoms with van der Waals surface area (Å²) in [4.78, 5) is 26.1. The molecule has 0 fully saturated rings. The van der Waals surface area contributed by atoms with Crippen molar-refractivity contribution >= 4 is 11.9 Å². The Morgan fingerprint density at radius 3 is 2.19 bits per heavy atom. The molecule has 0 saturated carbocycles. The van der Waals surface area contributed by atoms with Crippen molar-refractivity contribution < 1.29 is 19.1 Å². The van der Waals surface area contributed by atoms with Crippen molar-refractivity contribution in [1.82, 2.24) is 4.90 Å². The van der Waals surface area contributed by atoms with Crippen molar-refractivity contribution in [3.8, 4) is 5.75 Å². The Morgan fingerprint density at radius 1 is 1.10 bits per heavy atom. The number of hydrogen-bond acceptors (Lipinski definition) is 4. The van der Waals surface area contributed by atoms with Crippen LogP contribution in [0, 0.1) is 0 Å². The van der Waals surface area contributed by atoms with Gasteiger partial charge >= 0.3 is 5.97 Å². The molecule has 1 amide bonds. The largest absolute Gasteiger partial charge is 0.496 e. The van der Waals surface area contributed by atoms with E-state index in [1.54, 1.807) is 17.0 Å². The summed E-state index contributed by atoms with van der Waals surface area (Å²) in [7, 11) is 2.82. The Bertz CT molecular complexity index is 493. The third-order valence-electron chi connectivity index (χ3n) is 3.13. The molecule has 1 rings (SSSR count). The van der Waals surface area contributed by atoms with Gasteiger partial charge in [0.05, 0.1) is 25.3 Å². The lowest BCUT2D eigenvalue weighted by Gasteiger charge is -2.22. The Kier molecular flexibility index (Phi) is 6.72. The van der Waals surface area contributed by atoms with Crippen LogP contribution >= 0.6 is 0 Å².